The standard InChI is InChI=1S/C10H18N2O.ClH/c1-12-8(13)9-2-5-10(11,6-3-9)7-4-9;/h2-7,11H2,1H3,(H,12,13);1H. The van der Waals surface area contributed by atoms with Crippen LogP contribution in [-0.4, -0.2) is 18.5 Å². The average molecular weight is 219 g/mol. The number of nitrogens with one attached hydrogen (secondary N) is 1. The Balaban J connectivity index is 0.000000980. The summed E-state index contributed by atoms with van der Waals surface area (Å²) in [6, 6.07) is 0. The molecule has 3 aliphatic rings. The number of hydrogen-bond acceptors (Lipinski definition) is 2. The smallest absolute Gasteiger partial charge is 0.225 e. The third kappa shape index (κ3) is 1.63. The fourth-order valence-electron chi connectivity index (χ4n) is 2.82. The molecule has 3 aliphatic carbocycles. The molecule has 3 fully saturated rings. The highest BCUT2D eigenvalue weighted by molar-refractivity contribution is 5.85. The van der Waals surface area contributed by atoms with Crippen LogP contribution in [0.4, 0.5) is 0 Å². The number of halogens is 1. The summed E-state index contributed by atoms with van der Waals surface area (Å²) in [5, 5.41) is 2.78. The van der Waals surface area contributed by atoms with Crippen LogP contribution >= 0.6 is 12.4 Å². The van der Waals surface area contributed by atoms with Crippen molar-refractivity contribution in [3.63, 3.8) is 0 Å². The highest BCUT2D eigenvalue weighted by atomic mass is 35.5. The Morgan fingerprint density at radius 1 is 1.14 bits per heavy atom. The van der Waals surface area contributed by atoms with Gasteiger partial charge in [-0.2, -0.15) is 0 Å². The van der Waals surface area contributed by atoms with E-state index >= 15 is 0 Å². The molecule has 3 N–H and O–H groups in total. The van der Waals surface area contributed by atoms with Crippen molar-refractivity contribution >= 4 is 18.3 Å². The van der Waals surface area contributed by atoms with Crippen LogP contribution in [0.25, 0.3) is 0 Å². The van der Waals surface area contributed by atoms with E-state index in [1.807, 2.05) is 0 Å². The van der Waals surface area contributed by atoms with E-state index in [1.54, 1.807) is 7.05 Å². The minimum Gasteiger partial charge on any atom is -0.359 e. The van der Waals surface area contributed by atoms with Gasteiger partial charge in [-0.1, -0.05) is 0 Å². The first-order chi connectivity index (χ1) is 6.10. The van der Waals surface area contributed by atoms with Gasteiger partial charge in [-0.15, -0.1) is 12.4 Å². The van der Waals surface area contributed by atoms with Gasteiger partial charge in [0.25, 0.3) is 0 Å². The number of carbonyl (C=O) groups is 1. The van der Waals surface area contributed by atoms with E-state index in [-0.39, 0.29) is 29.3 Å². The molecule has 0 aromatic rings. The van der Waals surface area contributed by atoms with Gasteiger partial charge >= 0.3 is 0 Å². The minimum atomic E-state index is -0.0597. The summed E-state index contributed by atoms with van der Waals surface area (Å²) in [5.41, 5.74) is 6.17. The molecule has 14 heavy (non-hydrogen) atoms. The first kappa shape index (κ1) is 11.8. The van der Waals surface area contributed by atoms with E-state index < -0.39 is 0 Å². The second kappa shape index (κ2) is 3.70. The molecular formula is C10H19ClN2O. The summed E-state index contributed by atoms with van der Waals surface area (Å²) in [7, 11) is 1.73. The molecular weight excluding hydrogens is 200 g/mol. The third-order valence-corrected chi connectivity index (χ3v) is 4.01. The van der Waals surface area contributed by atoms with Gasteiger partial charge in [-0.05, 0) is 38.5 Å². The van der Waals surface area contributed by atoms with Gasteiger partial charge in [-0.25, -0.2) is 0 Å². The molecule has 0 radical (unpaired) electrons. The maximum absolute atomic E-state index is 11.7. The Kier molecular flexibility index (Phi) is 3.12. The lowest BCUT2D eigenvalue weighted by atomic mass is 9.57. The number of carbonyl (C=O) groups excluding carboxylic acids is 1. The Bertz CT molecular complexity index is 218. The Hall–Kier alpha value is -0.280. The van der Waals surface area contributed by atoms with Crippen LogP contribution < -0.4 is 11.1 Å². The molecule has 2 bridgehead atoms. The summed E-state index contributed by atoms with van der Waals surface area (Å²) in [6.45, 7) is 0. The van der Waals surface area contributed by atoms with E-state index in [4.69, 9.17) is 5.73 Å². The van der Waals surface area contributed by atoms with E-state index in [0.29, 0.717) is 0 Å². The van der Waals surface area contributed by atoms with Crippen LogP contribution in [0.3, 0.4) is 0 Å². The highest BCUT2D eigenvalue weighted by Gasteiger charge is 2.50. The lowest BCUT2D eigenvalue weighted by molar-refractivity contribution is -0.137. The Morgan fingerprint density at radius 2 is 1.57 bits per heavy atom. The fraction of sp³-hybridized carbons (Fsp3) is 0.900. The second-order valence-electron chi connectivity index (χ2n) is 4.72. The molecule has 1 amide bonds. The van der Waals surface area contributed by atoms with E-state index in [1.165, 1.54) is 0 Å². The summed E-state index contributed by atoms with van der Waals surface area (Å²) in [5.74, 6) is 0.231. The van der Waals surface area contributed by atoms with E-state index in [9.17, 15) is 4.79 Å². The van der Waals surface area contributed by atoms with Crippen LogP contribution in [0.1, 0.15) is 38.5 Å². The number of amides is 1. The van der Waals surface area contributed by atoms with Crippen LogP contribution in [0, 0.1) is 5.41 Å². The Morgan fingerprint density at radius 3 is 1.93 bits per heavy atom. The maximum Gasteiger partial charge on any atom is 0.225 e. The SMILES string of the molecule is CNC(=O)C12CCC(N)(CC1)CC2.Cl. The number of fused-ring (bicyclic) bond motifs is 3. The van der Waals surface area contributed by atoms with Gasteiger partial charge in [0.1, 0.15) is 0 Å². The van der Waals surface area contributed by atoms with Gasteiger partial charge < -0.3 is 11.1 Å². The van der Waals surface area contributed by atoms with Crippen LogP contribution in [0.15, 0.2) is 0 Å². The molecule has 0 atom stereocenters. The summed E-state index contributed by atoms with van der Waals surface area (Å²) >= 11 is 0. The van der Waals surface area contributed by atoms with Gasteiger partial charge in [-0.3, -0.25) is 4.79 Å². The zero-order chi connectivity index (χ0) is 9.53. The zero-order valence-corrected chi connectivity index (χ0v) is 9.45. The van der Waals surface area contributed by atoms with E-state index in [0.717, 1.165) is 38.5 Å². The molecule has 0 aromatic heterocycles. The second-order valence-corrected chi connectivity index (χ2v) is 4.72. The normalized spacial score (nSPS) is 40.1. The first-order valence-electron chi connectivity index (χ1n) is 5.11. The van der Waals surface area contributed by atoms with Crippen molar-refractivity contribution in [2.24, 2.45) is 11.1 Å². The molecule has 4 heteroatoms. The molecule has 0 spiro atoms. The zero-order valence-electron chi connectivity index (χ0n) is 8.64. The minimum absolute atomic E-state index is 0. The van der Waals surface area contributed by atoms with Crippen molar-refractivity contribution in [2.45, 2.75) is 44.1 Å². The van der Waals surface area contributed by atoms with Crippen LogP contribution in [0.2, 0.25) is 0 Å². The fourth-order valence-corrected chi connectivity index (χ4v) is 2.82. The van der Waals surface area contributed by atoms with Gasteiger partial charge in [0.2, 0.25) is 5.91 Å². The van der Waals surface area contributed by atoms with Gasteiger partial charge in [0.15, 0.2) is 0 Å². The summed E-state index contributed by atoms with van der Waals surface area (Å²) < 4.78 is 0. The van der Waals surface area contributed by atoms with Gasteiger partial charge in [0, 0.05) is 18.0 Å². The van der Waals surface area contributed by atoms with Crippen LogP contribution in [-0.2, 0) is 4.79 Å². The van der Waals surface area contributed by atoms with Crippen molar-refractivity contribution in [3.8, 4) is 0 Å². The molecule has 0 aromatic carbocycles. The highest BCUT2D eigenvalue weighted by Crippen LogP contribution is 2.51. The quantitative estimate of drug-likeness (QED) is 0.695. The van der Waals surface area contributed by atoms with Gasteiger partial charge in [0.05, 0.1) is 0 Å². The molecule has 3 rings (SSSR count). The lowest BCUT2D eigenvalue weighted by Gasteiger charge is -2.50. The molecule has 3 saturated carbocycles. The first-order valence-corrected chi connectivity index (χ1v) is 5.11. The average Bonchev–Trinajstić information content (AvgIpc) is 2.18. The molecule has 0 unspecified atom stereocenters. The number of nitrogens with two attached hydrogens (primary N) is 1. The van der Waals surface area contributed by atoms with Crippen molar-refractivity contribution < 1.29 is 4.79 Å². The third-order valence-electron chi connectivity index (χ3n) is 4.01. The van der Waals surface area contributed by atoms with Crippen LogP contribution in [0.5, 0.6) is 0 Å². The summed E-state index contributed by atoms with van der Waals surface area (Å²) in [4.78, 5) is 11.7. The topological polar surface area (TPSA) is 55.1 Å². The largest absolute Gasteiger partial charge is 0.359 e. The summed E-state index contributed by atoms with van der Waals surface area (Å²) in [6.07, 6.45) is 6.05. The molecule has 0 saturated heterocycles. The molecule has 0 aliphatic heterocycles. The monoisotopic (exact) mass is 218 g/mol. The number of rotatable bonds is 1. The predicted molar refractivity (Wildman–Crippen MR) is 58.4 cm³/mol. The molecule has 82 valence electrons. The van der Waals surface area contributed by atoms with Crippen molar-refractivity contribution in [2.75, 3.05) is 7.05 Å². The van der Waals surface area contributed by atoms with E-state index in [2.05, 4.69) is 5.32 Å². The maximum atomic E-state index is 11.7. The van der Waals surface area contributed by atoms with Crippen molar-refractivity contribution in [1.29, 1.82) is 0 Å². The molecule has 0 heterocycles. The number of hydrogen-bond donors (Lipinski definition) is 2. The lowest BCUT2D eigenvalue weighted by Crippen LogP contribution is -2.56. The van der Waals surface area contributed by atoms with Crippen molar-refractivity contribution in [1.82, 2.24) is 5.32 Å². The predicted octanol–water partition coefficient (Wildman–Crippen LogP) is 1.21. The van der Waals surface area contributed by atoms with Crippen molar-refractivity contribution in [3.05, 3.63) is 0 Å². The Labute approximate surface area is 91.2 Å². The molecule has 3 nitrogen and oxygen atoms in total.